The quantitative estimate of drug-likeness (QED) is 0.669. The average molecular weight is 412 g/mol. The Balaban J connectivity index is 1.71. The van der Waals surface area contributed by atoms with Crippen molar-refractivity contribution in [1.29, 1.82) is 0 Å². The summed E-state index contributed by atoms with van der Waals surface area (Å²) in [5, 5.41) is 0.458. The van der Waals surface area contributed by atoms with Crippen LogP contribution in [-0.4, -0.2) is 33.5 Å². The summed E-state index contributed by atoms with van der Waals surface area (Å²) >= 11 is 0. The number of ether oxygens (including phenoxy) is 2. The smallest absolute Gasteiger partial charge is 0.264 e. The minimum atomic E-state index is -4.08. The largest absolute Gasteiger partial charge is 0.497 e. The first kappa shape index (κ1) is 19.2. The number of fused-ring (bicyclic) bond motifs is 1. The molecule has 0 atom stereocenters. The van der Waals surface area contributed by atoms with Crippen molar-refractivity contribution in [2.75, 3.05) is 14.2 Å². The molecule has 1 aliphatic carbocycles. The van der Waals surface area contributed by atoms with Crippen molar-refractivity contribution < 1.29 is 22.7 Å². The van der Waals surface area contributed by atoms with E-state index in [-0.39, 0.29) is 4.90 Å². The summed E-state index contributed by atoms with van der Waals surface area (Å²) in [6.07, 6.45) is 2.63. The van der Waals surface area contributed by atoms with Crippen LogP contribution in [0.3, 0.4) is 0 Å². The number of carbonyl (C=O) groups excluding carboxylic acids is 1. The summed E-state index contributed by atoms with van der Waals surface area (Å²) in [5.41, 5.74) is 0.195. The van der Waals surface area contributed by atoms with Crippen molar-refractivity contribution in [2.45, 2.75) is 23.2 Å². The lowest BCUT2D eigenvalue weighted by molar-refractivity contribution is -0.121. The van der Waals surface area contributed by atoms with Gasteiger partial charge >= 0.3 is 0 Å². The molecule has 1 aromatic heterocycles. The van der Waals surface area contributed by atoms with E-state index in [9.17, 15) is 13.2 Å². The van der Waals surface area contributed by atoms with Crippen molar-refractivity contribution >= 4 is 26.8 Å². The number of nitrogens with zero attached hydrogens (tertiary/aromatic N) is 1. The van der Waals surface area contributed by atoms with E-state index in [2.05, 4.69) is 9.71 Å². The van der Waals surface area contributed by atoms with Gasteiger partial charge in [0.15, 0.2) is 0 Å². The monoisotopic (exact) mass is 412 g/mol. The Morgan fingerprint density at radius 3 is 2.55 bits per heavy atom. The average Bonchev–Trinajstić information content (AvgIpc) is 3.54. The zero-order chi connectivity index (χ0) is 20.6. The zero-order valence-electron chi connectivity index (χ0n) is 16.0. The van der Waals surface area contributed by atoms with Crippen molar-refractivity contribution in [1.82, 2.24) is 9.71 Å². The minimum absolute atomic E-state index is 0.0184. The molecule has 0 bridgehead atoms. The molecule has 1 N–H and O–H groups in total. The number of amides is 1. The molecule has 29 heavy (non-hydrogen) atoms. The molecular weight excluding hydrogens is 392 g/mol. The molecule has 0 spiro atoms. The van der Waals surface area contributed by atoms with Gasteiger partial charge < -0.3 is 9.47 Å². The van der Waals surface area contributed by atoms with Crippen molar-refractivity contribution in [3.8, 4) is 11.5 Å². The summed E-state index contributed by atoms with van der Waals surface area (Å²) in [7, 11) is -1.04. The fourth-order valence-electron chi connectivity index (χ4n) is 3.52. The number of sulfonamides is 1. The maximum Gasteiger partial charge on any atom is 0.264 e. The molecule has 0 aliphatic heterocycles. The van der Waals surface area contributed by atoms with Crippen molar-refractivity contribution in [3.63, 3.8) is 0 Å². The molecule has 1 fully saturated rings. The molecule has 7 nitrogen and oxygen atoms in total. The summed E-state index contributed by atoms with van der Waals surface area (Å²) in [6.45, 7) is 0. The summed E-state index contributed by atoms with van der Waals surface area (Å²) in [5.74, 6) is 0.512. The van der Waals surface area contributed by atoms with E-state index in [1.54, 1.807) is 48.7 Å². The molecule has 2 aromatic carbocycles. The number of aromatic nitrogens is 1. The maximum atomic E-state index is 13.1. The predicted octanol–water partition coefficient (Wildman–Crippen LogP) is 2.79. The highest BCUT2D eigenvalue weighted by atomic mass is 32.2. The zero-order valence-corrected chi connectivity index (χ0v) is 16.8. The van der Waals surface area contributed by atoms with Crippen LogP contribution in [0.25, 0.3) is 10.9 Å². The Morgan fingerprint density at radius 1 is 1.07 bits per heavy atom. The summed E-state index contributed by atoms with van der Waals surface area (Å²) in [4.78, 5) is 17.3. The van der Waals surface area contributed by atoms with Gasteiger partial charge in [0.25, 0.3) is 10.0 Å². The molecule has 8 heteroatoms. The van der Waals surface area contributed by atoms with Gasteiger partial charge in [-0.3, -0.25) is 9.78 Å². The van der Waals surface area contributed by atoms with E-state index in [0.717, 1.165) is 0 Å². The topological polar surface area (TPSA) is 94.6 Å². The van der Waals surface area contributed by atoms with Gasteiger partial charge in [0.2, 0.25) is 5.91 Å². The van der Waals surface area contributed by atoms with Gasteiger partial charge in [0.1, 0.15) is 11.5 Å². The molecule has 0 unspecified atom stereocenters. The predicted molar refractivity (Wildman–Crippen MR) is 108 cm³/mol. The second-order valence-corrected chi connectivity index (χ2v) is 8.56. The Hall–Kier alpha value is -3.13. The van der Waals surface area contributed by atoms with Crippen LogP contribution >= 0.6 is 0 Å². The minimum Gasteiger partial charge on any atom is -0.497 e. The third-order valence-corrected chi connectivity index (χ3v) is 6.62. The number of hydrogen-bond donors (Lipinski definition) is 1. The number of hydrogen-bond acceptors (Lipinski definition) is 6. The highest BCUT2D eigenvalue weighted by Gasteiger charge is 2.54. The number of methoxy groups -OCH3 is 2. The summed E-state index contributed by atoms with van der Waals surface area (Å²) in [6, 6.07) is 13.3. The number of rotatable bonds is 6. The molecule has 0 radical (unpaired) electrons. The first-order valence-corrected chi connectivity index (χ1v) is 10.5. The van der Waals surface area contributed by atoms with E-state index in [1.165, 1.54) is 20.3 Å². The number of nitrogens with one attached hydrogen (secondary N) is 1. The Bertz CT molecular complexity index is 1200. The van der Waals surface area contributed by atoms with Gasteiger partial charge in [-0.1, -0.05) is 6.07 Å². The molecule has 3 aromatic rings. The molecule has 1 aliphatic rings. The van der Waals surface area contributed by atoms with Crippen LogP contribution in [0.2, 0.25) is 0 Å². The van der Waals surface area contributed by atoms with Gasteiger partial charge in [0, 0.05) is 17.1 Å². The standard InChI is InChI=1S/C21H20N2O5S/c1-27-14-8-9-18(28-2)16(13-14)21(10-11-21)20(24)23-29(25,26)19-7-3-6-17-15(19)5-4-12-22-17/h3-9,12-13H,10-11H2,1-2H3,(H,23,24). The molecule has 1 amide bonds. The molecule has 1 heterocycles. The normalized spacial score (nSPS) is 15.0. The van der Waals surface area contributed by atoms with Crippen LogP contribution in [0.15, 0.2) is 59.6 Å². The van der Waals surface area contributed by atoms with E-state index in [1.807, 2.05) is 0 Å². The lowest BCUT2D eigenvalue weighted by atomic mass is 9.94. The van der Waals surface area contributed by atoms with E-state index >= 15 is 0 Å². The highest BCUT2D eigenvalue weighted by molar-refractivity contribution is 7.90. The number of benzene rings is 2. The fraction of sp³-hybridized carbons (Fsp3) is 0.238. The molecule has 4 rings (SSSR count). The van der Waals surface area contributed by atoms with E-state index < -0.39 is 21.3 Å². The van der Waals surface area contributed by atoms with Gasteiger partial charge in [-0.15, -0.1) is 0 Å². The Kier molecular flexibility index (Phi) is 4.66. The van der Waals surface area contributed by atoms with Gasteiger partial charge in [-0.05, 0) is 55.3 Å². The van der Waals surface area contributed by atoms with Gasteiger partial charge in [0.05, 0.1) is 30.0 Å². The molecule has 150 valence electrons. The summed E-state index contributed by atoms with van der Waals surface area (Å²) < 4.78 is 39.0. The first-order valence-electron chi connectivity index (χ1n) is 9.05. The van der Waals surface area contributed by atoms with Crippen molar-refractivity contribution in [3.05, 3.63) is 60.3 Å². The van der Waals surface area contributed by atoms with Crippen LogP contribution in [-0.2, 0) is 20.2 Å². The van der Waals surface area contributed by atoms with Crippen LogP contribution in [0, 0.1) is 0 Å². The van der Waals surface area contributed by atoms with Crippen molar-refractivity contribution in [2.24, 2.45) is 0 Å². The van der Waals surface area contributed by atoms with Crippen LogP contribution < -0.4 is 14.2 Å². The van der Waals surface area contributed by atoms with Gasteiger partial charge in [-0.2, -0.15) is 0 Å². The Labute approximate surface area is 168 Å². The second-order valence-electron chi connectivity index (χ2n) is 6.91. The fourth-order valence-corrected chi connectivity index (χ4v) is 4.79. The molecular formula is C21H20N2O5S. The van der Waals surface area contributed by atoms with E-state index in [0.29, 0.717) is 40.8 Å². The molecule has 0 saturated heterocycles. The highest BCUT2D eigenvalue weighted by Crippen LogP contribution is 2.52. The second kappa shape index (κ2) is 7.04. The lowest BCUT2D eigenvalue weighted by Gasteiger charge is -2.19. The third-order valence-electron chi connectivity index (χ3n) is 5.23. The molecule has 1 saturated carbocycles. The van der Waals surface area contributed by atoms with Gasteiger partial charge in [-0.25, -0.2) is 13.1 Å². The number of carbonyl (C=O) groups is 1. The lowest BCUT2D eigenvalue weighted by Crippen LogP contribution is -2.39. The van der Waals surface area contributed by atoms with E-state index in [4.69, 9.17) is 9.47 Å². The SMILES string of the molecule is COc1ccc(OC)c(C2(C(=O)NS(=O)(=O)c3cccc4ncccc34)CC2)c1. The van der Waals surface area contributed by atoms with Crippen LogP contribution in [0.4, 0.5) is 0 Å². The third kappa shape index (κ3) is 3.29. The van der Waals surface area contributed by atoms with Crippen LogP contribution in [0.5, 0.6) is 11.5 Å². The first-order chi connectivity index (χ1) is 13.9. The maximum absolute atomic E-state index is 13.1. The number of pyridine rings is 1. The van der Waals surface area contributed by atoms with Crippen LogP contribution in [0.1, 0.15) is 18.4 Å². The Morgan fingerprint density at radius 2 is 1.86 bits per heavy atom.